The third-order valence-corrected chi connectivity index (χ3v) is 3.98. The van der Waals surface area contributed by atoms with Gasteiger partial charge in [0.1, 0.15) is 0 Å². The number of carbonyl (C=O) groups is 1. The van der Waals surface area contributed by atoms with Crippen LogP contribution in [0, 0.1) is 16.0 Å². The van der Waals surface area contributed by atoms with Crippen molar-refractivity contribution in [2.24, 2.45) is 5.92 Å². The number of nitro benzene ring substituents is 1. The number of halogens is 3. The molecule has 0 aliphatic carbocycles. The van der Waals surface area contributed by atoms with E-state index in [2.05, 4.69) is 5.32 Å². The summed E-state index contributed by atoms with van der Waals surface area (Å²) in [6.07, 6.45) is -3.44. The summed E-state index contributed by atoms with van der Waals surface area (Å²) in [4.78, 5) is 23.4. The quantitative estimate of drug-likeness (QED) is 0.657. The Kier molecular flexibility index (Phi) is 5.76. The molecule has 1 N–H and O–H groups in total. The van der Waals surface area contributed by atoms with Gasteiger partial charge in [0.2, 0.25) is 5.91 Å². The lowest BCUT2D eigenvalue weighted by molar-refractivity contribution is -0.384. The SMILES string of the molecule is O=C(NCc1ccc([N+](=O)[O-])cc1)C1CCN(CC(F)(F)F)CC1. The largest absolute Gasteiger partial charge is 0.401 e. The Balaban J connectivity index is 1.76. The van der Waals surface area contributed by atoms with Crippen LogP contribution in [-0.2, 0) is 11.3 Å². The van der Waals surface area contributed by atoms with Crippen LogP contribution in [0.5, 0.6) is 0 Å². The number of likely N-dealkylation sites (tertiary alicyclic amines) is 1. The molecule has 0 saturated carbocycles. The van der Waals surface area contributed by atoms with Crippen LogP contribution in [0.25, 0.3) is 0 Å². The molecular weight excluding hydrogens is 327 g/mol. The van der Waals surface area contributed by atoms with Crippen molar-refractivity contribution in [3.8, 4) is 0 Å². The van der Waals surface area contributed by atoms with E-state index >= 15 is 0 Å². The summed E-state index contributed by atoms with van der Waals surface area (Å²) in [7, 11) is 0. The van der Waals surface area contributed by atoms with E-state index in [0.717, 1.165) is 5.56 Å². The fourth-order valence-electron chi connectivity index (χ4n) is 2.68. The Labute approximate surface area is 136 Å². The standard InChI is InChI=1S/C15H18F3N3O3/c16-15(17,18)10-20-7-5-12(6-8-20)14(22)19-9-11-1-3-13(4-2-11)21(23)24/h1-4,12H,5-10H2,(H,19,22). The molecule has 6 nitrogen and oxygen atoms in total. The van der Waals surface area contributed by atoms with E-state index in [1.807, 2.05) is 0 Å². The minimum absolute atomic E-state index is 0.0258. The van der Waals surface area contributed by atoms with Crippen LogP contribution >= 0.6 is 0 Å². The second-order valence-corrected chi connectivity index (χ2v) is 5.81. The van der Waals surface area contributed by atoms with E-state index in [9.17, 15) is 28.1 Å². The molecule has 1 fully saturated rings. The van der Waals surface area contributed by atoms with Crippen molar-refractivity contribution in [3.05, 3.63) is 39.9 Å². The highest BCUT2D eigenvalue weighted by Gasteiger charge is 2.33. The molecule has 0 aromatic heterocycles. The van der Waals surface area contributed by atoms with Crippen LogP contribution in [0.4, 0.5) is 18.9 Å². The van der Waals surface area contributed by atoms with E-state index in [1.165, 1.54) is 17.0 Å². The van der Waals surface area contributed by atoms with Gasteiger partial charge in [-0.2, -0.15) is 13.2 Å². The average molecular weight is 345 g/mol. The molecule has 1 saturated heterocycles. The highest BCUT2D eigenvalue weighted by Crippen LogP contribution is 2.22. The van der Waals surface area contributed by atoms with Crippen LogP contribution in [0.3, 0.4) is 0 Å². The lowest BCUT2D eigenvalue weighted by Gasteiger charge is -2.31. The van der Waals surface area contributed by atoms with E-state index in [4.69, 9.17) is 0 Å². The zero-order valence-corrected chi connectivity index (χ0v) is 12.9. The maximum atomic E-state index is 12.3. The van der Waals surface area contributed by atoms with Gasteiger partial charge in [0.05, 0.1) is 11.5 Å². The first kappa shape index (κ1) is 18.2. The highest BCUT2D eigenvalue weighted by atomic mass is 19.4. The van der Waals surface area contributed by atoms with Gasteiger partial charge < -0.3 is 5.32 Å². The molecule has 1 amide bonds. The molecule has 9 heteroatoms. The van der Waals surface area contributed by atoms with Crippen molar-refractivity contribution in [2.45, 2.75) is 25.6 Å². The summed E-state index contributed by atoms with van der Waals surface area (Å²) in [5.41, 5.74) is 0.700. The third kappa shape index (κ3) is 5.48. The smallest absolute Gasteiger partial charge is 0.352 e. The number of rotatable bonds is 5. The minimum atomic E-state index is -4.22. The molecule has 0 atom stereocenters. The Morgan fingerprint density at radius 1 is 1.25 bits per heavy atom. The number of piperidine rings is 1. The molecule has 132 valence electrons. The Bertz CT molecular complexity index is 582. The van der Waals surface area contributed by atoms with Gasteiger partial charge in [0, 0.05) is 24.6 Å². The Morgan fingerprint density at radius 3 is 2.33 bits per heavy atom. The van der Waals surface area contributed by atoms with Crippen LogP contribution in [0.15, 0.2) is 24.3 Å². The van der Waals surface area contributed by atoms with Gasteiger partial charge in [0.15, 0.2) is 0 Å². The molecule has 0 bridgehead atoms. The second kappa shape index (κ2) is 7.61. The van der Waals surface area contributed by atoms with Crippen LogP contribution in [0.2, 0.25) is 0 Å². The van der Waals surface area contributed by atoms with Gasteiger partial charge in [0.25, 0.3) is 5.69 Å². The number of carbonyl (C=O) groups excluding carboxylic acids is 1. The first-order valence-electron chi connectivity index (χ1n) is 7.55. The molecule has 0 radical (unpaired) electrons. The molecule has 2 rings (SSSR count). The van der Waals surface area contributed by atoms with Crippen molar-refractivity contribution in [2.75, 3.05) is 19.6 Å². The summed E-state index contributed by atoms with van der Waals surface area (Å²) >= 11 is 0. The molecule has 1 aromatic carbocycles. The first-order chi connectivity index (χ1) is 11.2. The van der Waals surface area contributed by atoms with Crippen molar-refractivity contribution >= 4 is 11.6 Å². The maximum Gasteiger partial charge on any atom is 0.401 e. The molecule has 1 aliphatic rings. The predicted molar refractivity (Wildman–Crippen MR) is 80.2 cm³/mol. The number of nitrogens with zero attached hydrogens (tertiary/aromatic N) is 2. The zero-order chi connectivity index (χ0) is 17.7. The summed E-state index contributed by atoms with van der Waals surface area (Å²) in [5, 5.41) is 13.3. The molecule has 0 spiro atoms. The third-order valence-electron chi connectivity index (χ3n) is 3.98. The Morgan fingerprint density at radius 2 is 1.83 bits per heavy atom. The number of hydrogen-bond acceptors (Lipinski definition) is 4. The van der Waals surface area contributed by atoms with Gasteiger partial charge >= 0.3 is 6.18 Å². The minimum Gasteiger partial charge on any atom is -0.352 e. The number of alkyl halides is 3. The summed E-state index contributed by atoms with van der Waals surface area (Å²) in [6.45, 7) is -0.214. The predicted octanol–water partition coefficient (Wildman–Crippen LogP) is 2.49. The normalized spacial score (nSPS) is 16.8. The number of benzene rings is 1. The topological polar surface area (TPSA) is 75.5 Å². The molecular formula is C15H18F3N3O3. The van der Waals surface area contributed by atoms with Gasteiger partial charge in [-0.15, -0.1) is 0 Å². The fraction of sp³-hybridized carbons (Fsp3) is 0.533. The lowest BCUT2D eigenvalue weighted by atomic mass is 9.96. The maximum absolute atomic E-state index is 12.3. The van der Waals surface area contributed by atoms with Gasteiger partial charge in [-0.05, 0) is 31.5 Å². The molecule has 0 unspecified atom stereocenters. The van der Waals surface area contributed by atoms with Gasteiger partial charge in [-0.1, -0.05) is 12.1 Å². The number of nitro groups is 1. The number of nitrogens with one attached hydrogen (secondary N) is 1. The highest BCUT2D eigenvalue weighted by molar-refractivity contribution is 5.78. The monoisotopic (exact) mass is 345 g/mol. The van der Waals surface area contributed by atoms with E-state index < -0.39 is 17.6 Å². The van der Waals surface area contributed by atoms with Crippen LogP contribution in [-0.4, -0.2) is 41.5 Å². The van der Waals surface area contributed by atoms with Crippen LogP contribution < -0.4 is 5.32 Å². The summed E-state index contributed by atoms with van der Waals surface area (Å²) in [6, 6.07) is 5.84. The van der Waals surface area contributed by atoms with Crippen molar-refractivity contribution in [3.63, 3.8) is 0 Å². The van der Waals surface area contributed by atoms with Crippen LogP contribution in [0.1, 0.15) is 18.4 Å². The first-order valence-corrected chi connectivity index (χ1v) is 7.55. The lowest BCUT2D eigenvalue weighted by Crippen LogP contribution is -2.43. The number of non-ortho nitro benzene ring substituents is 1. The van der Waals surface area contributed by atoms with E-state index in [1.54, 1.807) is 12.1 Å². The van der Waals surface area contributed by atoms with Crippen molar-refractivity contribution < 1.29 is 22.9 Å². The second-order valence-electron chi connectivity index (χ2n) is 5.81. The number of hydrogen-bond donors (Lipinski definition) is 1. The summed E-state index contributed by atoms with van der Waals surface area (Å²) < 4.78 is 37.0. The Hall–Kier alpha value is -2.16. The summed E-state index contributed by atoms with van der Waals surface area (Å²) in [5.74, 6) is -0.493. The zero-order valence-electron chi connectivity index (χ0n) is 12.9. The van der Waals surface area contributed by atoms with E-state index in [-0.39, 0.29) is 37.1 Å². The van der Waals surface area contributed by atoms with Gasteiger partial charge in [-0.25, -0.2) is 0 Å². The number of amides is 1. The van der Waals surface area contributed by atoms with Crippen molar-refractivity contribution in [1.82, 2.24) is 10.2 Å². The molecule has 1 heterocycles. The van der Waals surface area contributed by atoms with E-state index in [0.29, 0.717) is 12.8 Å². The molecule has 24 heavy (non-hydrogen) atoms. The fourth-order valence-corrected chi connectivity index (χ4v) is 2.68. The molecule has 1 aliphatic heterocycles. The van der Waals surface area contributed by atoms with Crippen molar-refractivity contribution in [1.29, 1.82) is 0 Å². The molecule has 1 aromatic rings. The van der Waals surface area contributed by atoms with Gasteiger partial charge in [-0.3, -0.25) is 19.8 Å². The average Bonchev–Trinajstić information content (AvgIpc) is 2.52.